The molecule has 7 heteroatoms. The predicted molar refractivity (Wildman–Crippen MR) is 109 cm³/mol. The number of piperazine rings is 1. The van der Waals surface area contributed by atoms with Gasteiger partial charge in [-0.3, -0.25) is 4.90 Å². The predicted octanol–water partition coefficient (Wildman–Crippen LogP) is 2.71. The number of nitrogens with zero attached hydrogens (tertiary/aromatic N) is 3. The third-order valence-electron chi connectivity index (χ3n) is 6.68. The van der Waals surface area contributed by atoms with Crippen molar-refractivity contribution >= 4 is 10.0 Å². The molecule has 0 N–H and O–H groups in total. The van der Waals surface area contributed by atoms with Gasteiger partial charge in [-0.05, 0) is 63.3 Å². The molecule has 3 fully saturated rings. The maximum atomic E-state index is 14.0. The molecule has 2 saturated heterocycles. The second-order valence-electron chi connectivity index (χ2n) is 8.83. The van der Waals surface area contributed by atoms with Crippen molar-refractivity contribution in [3.8, 4) is 0 Å². The Morgan fingerprint density at radius 2 is 1.79 bits per heavy atom. The van der Waals surface area contributed by atoms with Crippen LogP contribution in [-0.2, 0) is 10.0 Å². The van der Waals surface area contributed by atoms with E-state index in [1.165, 1.54) is 6.07 Å². The van der Waals surface area contributed by atoms with Crippen LogP contribution in [0.25, 0.3) is 0 Å². The summed E-state index contributed by atoms with van der Waals surface area (Å²) in [6.45, 7) is 6.40. The van der Waals surface area contributed by atoms with E-state index in [9.17, 15) is 12.8 Å². The number of benzene rings is 1. The van der Waals surface area contributed by atoms with Gasteiger partial charge in [-0.15, -0.1) is 0 Å². The molecule has 4 rings (SSSR count). The Bertz CT molecular complexity index is 791. The lowest BCUT2D eigenvalue weighted by atomic mass is 9.83. The van der Waals surface area contributed by atoms with E-state index in [4.69, 9.17) is 0 Å². The lowest BCUT2D eigenvalue weighted by Gasteiger charge is -2.47. The van der Waals surface area contributed by atoms with E-state index in [1.807, 2.05) is 6.07 Å². The zero-order valence-electron chi connectivity index (χ0n) is 16.9. The van der Waals surface area contributed by atoms with Crippen molar-refractivity contribution in [1.82, 2.24) is 14.1 Å². The van der Waals surface area contributed by atoms with E-state index in [1.54, 1.807) is 16.4 Å². The molecule has 0 spiro atoms. The zero-order valence-corrected chi connectivity index (χ0v) is 17.7. The molecule has 1 saturated carbocycles. The first-order valence-corrected chi connectivity index (χ1v) is 12.1. The van der Waals surface area contributed by atoms with Crippen molar-refractivity contribution in [3.63, 3.8) is 0 Å². The molecule has 0 amide bonds. The topological polar surface area (TPSA) is 43.9 Å². The fourth-order valence-electron chi connectivity index (χ4n) is 5.01. The van der Waals surface area contributed by atoms with Gasteiger partial charge >= 0.3 is 0 Å². The minimum atomic E-state index is -3.10. The van der Waals surface area contributed by atoms with Crippen LogP contribution in [0.1, 0.15) is 44.2 Å². The monoisotopic (exact) mass is 409 g/mol. The van der Waals surface area contributed by atoms with E-state index in [0.717, 1.165) is 50.9 Å². The Morgan fingerprint density at radius 1 is 1.07 bits per heavy atom. The number of likely N-dealkylation sites (N-methyl/N-ethyl adjacent to an activating group) is 1. The minimum absolute atomic E-state index is 0.138. The first kappa shape index (κ1) is 20.3. The quantitative estimate of drug-likeness (QED) is 0.750. The molecule has 2 aliphatic heterocycles. The van der Waals surface area contributed by atoms with E-state index in [2.05, 4.69) is 23.8 Å². The molecule has 0 bridgehead atoms. The number of halogens is 1. The third kappa shape index (κ3) is 4.13. The van der Waals surface area contributed by atoms with Gasteiger partial charge in [0.25, 0.3) is 0 Å². The maximum absolute atomic E-state index is 14.0. The molecule has 28 heavy (non-hydrogen) atoms. The van der Waals surface area contributed by atoms with Crippen LogP contribution >= 0.6 is 0 Å². The van der Waals surface area contributed by atoms with Crippen LogP contribution in [-0.4, -0.2) is 73.6 Å². The van der Waals surface area contributed by atoms with Crippen molar-refractivity contribution in [3.05, 3.63) is 35.6 Å². The molecule has 1 aromatic rings. The van der Waals surface area contributed by atoms with Crippen molar-refractivity contribution < 1.29 is 12.8 Å². The highest BCUT2D eigenvalue weighted by Gasteiger charge is 2.43. The summed E-state index contributed by atoms with van der Waals surface area (Å²) in [4.78, 5) is 4.86. The molecule has 2 heterocycles. The maximum Gasteiger partial charge on any atom is 0.216 e. The Balaban J connectivity index is 1.54. The van der Waals surface area contributed by atoms with Crippen LogP contribution in [0.15, 0.2) is 24.3 Å². The molecule has 5 nitrogen and oxygen atoms in total. The second kappa shape index (κ2) is 8.01. The number of piperidine rings is 1. The normalized spacial score (nSPS) is 27.8. The standard InChI is InChI=1S/C21H32FN3O2S/c1-16-15-23(2)12-13-25(16)21(18-4-3-5-19(22)14-18)17-8-10-24(11-9-17)28(26,27)20-6-7-20/h3-5,14,16-17,20-21H,6-13,15H2,1-2H3/t16-,21+/m0/s1. The molecule has 0 radical (unpaired) electrons. The first-order valence-electron chi connectivity index (χ1n) is 10.5. The van der Waals surface area contributed by atoms with Gasteiger partial charge in [-0.1, -0.05) is 12.1 Å². The van der Waals surface area contributed by atoms with Crippen LogP contribution in [0.5, 0.6) is 0 Å². The van der Waals surface area contributed by atoms with Crippen LogP contribution in [0, 0.1) is 11.7 Å². The largest absolute Gasteiger partial charge is 0.304 e. The first-order chi connectivity index (χ1) is 13.4. The smallest absolute Gasteiger partial charge is 0.216 e. The van der Waals surface area contributed by atoms with E-state index in [-0.39, 0.29) is 17.1 Å². The highest BCUT2D eigenvalue weighted by molar-refractivity contribution is 7.90. The van der Waals surface area contributed by atoms with Crippen LogP contribution in [0.4, 0.5) is 4.39 Å². The molecule has 2 atom stereocenters. The molecule has 1 aromatic carbocycles. The van der Waals surface area contributed by atoms with Crippen molar-refractivity contribution in [1.29, 1.82) is 0 Å². The summed E-state index contributed by atoms with van der Waals surface area (Å²) < 4.78 is 40.9. The lowest BCUT2D eigenvalue weighted by molar-refractivity contribution is 0.0230. The summed E-state index contributed by atoms with van der Waals surface area (Å²) in [6.07, 6.45) is 3.30. The molecular weight excluding hydrogens is 377 g/mol. The Morgan fingerprint density at radius 3 is 2.39 bits per heavy atom. The van der Waals surface area contributed by atoms with Crippen LogP contribution in [0.2, 0.25) is 0 Å². The van der Waals surface area contributed by atoms with Crippen molar-refractivity contribution in [2.75, 3.05) is 39.8 Å². The molecule has 0 aromatic heterocycles. The van der Waals surface area contributed by atoms with Crippen molar-refractivity contribution in [2.24, 2.45) is 5.92 Å². The fraction of sp³-hybridized carbons (Fsp3) is 0.714. The Hall–Kier alpha value is -1.02. The van der Waals surface area contributed by atoms with Gasteiger partial charge in [0.1, 0.15) is 5.82 Å². The van der Waals surface area contributed by atoms with Gasteiger partial charge < -0.3 is 4.90 Å². The molecule has 3 aliphatic rings. The zero-order chi connectivity index (χ0) is 19.9. The average molecular weight is 410 g/mol. The Kier molecular flexibility index (Phi) is 5.80. The van der Waals surface area contributed by atoms with E-state index >= 15 is 0 Å². The highest BCUT2D eigenvalue weighted by atomic mass is 32.2. The van der Waals surface area contributed by atoms with E-state index < -0.39 is 10.0 Å². The van der Waals surface area contributed by atoms with Gasteiger partial charge in [0.05, 0.1) is 5.25 Å². The van der Waals surface area contributed by atoms with Gasteiger partial charge in [0.2, 0.25) is 10.0 Å². The number of hydrogen-bond acceptors (Lipinski definition) is 4. The van der Waals surface area contributed by atoms with Gasteiger partial charge in [-0.2, -0.15) is 0 Å². The van der Waals surface area contributed by atoms with Gasteiger partial charge in [-0.25, -0.2) is 17.1 Å². The van der Waals surface area contributed by atoms with E-state index in [0.29, 0.717) is 25.0 Å². The molecule has 1 aliphatic carbocycles. The number of sulfonamides is 1. The lowest BCUT2D eigenvalue weighted by Crippen LogP contribution is -2.54. The van der Waals surface area contributed by atoms with Crippen LogP contribution in [0.3, 0.4) is 0 Å². The summed E-state index contributed by atoms with van der Waals surface area (Å²) in [6, 6.07) is 7.53. The Labute approximate surface area is 168 Å². The molecular formula is C21H32FN3O2S. The third-order valence-corrected chi connectivity index (χ3v) is 9.08. The molecule has 0 unspecified atom stereocenters. The molecule has 156 valence electrons. The average Bonchev–Trinajstić information content (AvgIpc) is 3.50. The minimum Gasteiger partial charge on any atom is -0.304 e. The number of hydrogen-bond donors (Lipinski definition) is 0. The summed E-state index contributed by atoms with van der Waals surface area (Å²) in [5.41, 5.74) is 1.03. The summed E-state index contributed by atoms with van der Waals surface area (Å²) >= 11 is 0. The van der Waals surface area contributed by atoms with Gasteiger partial charge in [0, 0.05) is 44.8 Å². The fourth-order valence-corrected chi connectivity index (χ4v) is 6.89. The summed E-state index contributed by atoms with van der Waals surface area (Å²) in [5.74, 6) is 0.149. The summed E-state index contributed by atoms with van der Waals surface area (Å²) in [5, 5.41) is -0.138. The SMILES string of the molecule is C[C@H]1CN(C)CCN1[C@@H](c1cccc(F)c1)C1CCN(S(=O)(=O)C2CC2)CC1. The van der Waals surface area contributed by atoms with Gasteiger partial charge in [0.15, 0.2) is 0 Å². The second-order valence-corrected chi connectivity index (χ2v) is 11.0. The van der Waals surface area contributed by atoms with Crippen molar-refractivity contribution in [2.45, 2.75) is 49.9 Å². The highest BCUT2D eigenvalue weighted by Crippen LogP contribution is 2.40. The number of rotatable bonds is 5. The van der Waals surface area contributed by atoms with Crippen LogP contribution < -0.4 is 0 Å². The summed E-state index contributed by atoms with van der Waals surface area (Å²) in [7, 11) is -0.954.